The third-order valence-corrected chi connectivity index (χ3v) is 4.45. The monoisotopic (exact) mass is 393 g/mol. The zero-order valence-corrected chi connectivity index (χ0v) is 16.9. The van der Waals surface area contributed by atoms with Gasteiger partial charge in [0.25, 0.3) is 5.91 Å². The van der Waals surface area contributed by atoms with E-state index in [9.17, 15) is 13.6 Å². The van der Waals surface area contributed by atoms with Crippen molar-refractivity contribution in [2.24, 2.45) is 5.92 Å². The molecule has 0 fully saturated rings. The van der Waals surface area contributed by atoms with Crippen molar-refractivity contribution in [2.75, 3.05) is 11.4 Å². The molecular weight excluding hydrogens is 368 g/mol. The molecule has 138 valence electrons. The van der Waals surface area contributed by atoms with Gasteiger partial charge in [-0.1, -0.05) is 51.3 Å². The summed E-state index contributed by atoms with van der Waals surface area (Å²) in [7, 11) is 0. The first kappa shape index (κ1) is 22.5. The molecule has 0 saturated heterocycles. The minimum atomic E-state index is -0.713. The summed E-state index contributed by atoms with van der Waals surface area (Å²) in [5, 5.41) is 0. The number of benzene rings is 2. The van der Waals surface area contributed by atoms with Crippen LogP contribution < -0.4 is 4.90 Å². The van der Waals surface area contributed by atoms with Gasteiger partial charge in [-0.2, -0.15) is 0 Å². The van der Waals surface area contributed by atoms with Gasteiger partial charge in [0.15, 0.2) is 0 Å². The Kier molecular flexibility index (Phi) is 9.75. The van der Waals surface area contributed by atoms with Crippen molar-refractivity contribution < 1.29 is 35.3 Å². The van der Waals surface area contributed by atoms with Crippen molar-refractivity contribution in [3.63, 3.8) is 0 Å². The van der Waals surface area contributed by atoms with Crippen LogP contribution in [0.2, 0.25) is 0 Å². The van der Waals surface area contributed by atoms with E-state index < -0.39 is 11.6 Å². The van der Waals surface area contributed by atoms with Gasteiger partial charge in [0.2, 0.25) is 0 Å². The number of amides is 1. The Hall–Kier alpha value is -1.52. The number of carbonyl (C=O) groups is 1. The topological polar surface area (TPSA) is 20.3 Å². The third kappa shape index (κ3) is 6.03. The van der Waals surface area contributed by atoms with Crippen LogP contribution in [-0.4, -0.2) is 12.5 Å². The Balaban J connectivity index is 0.00000338. The summed E-state index contributed by atoms with van der Waals surface area (Å²) in [6.45, 7) is 4.62. The second-order valence-electron chi connectivity index (χ2n) is 6.29. The van der Waals surface area contributed by atoms with Crippen LogP contribution in [0.4, 0.5) is 14.5 Å². The van der Waals surface area contributed by atoms with E-state index in [2.05, 4.69) is 13.8 Å². The second-order valence-corrected chi connectivity index (χ2v) is 6.29. The molecule has 0 aromatic heterocycles. The predicted molar refractivity (Wildman–Crippen MR) is 97.8 cm³/mol. The average Bonchev–Trinajstić information content (AvgIpc) is 2.63. The molecule has 1 atom stereocenters. The van der Waals surface area contributed by atoms with E-state index >= 15 is 0 Å². The van der Waals surface area contributed by atoms with Crippen LogP contribution in [0.3, 0.4) is 0 Å². The van der Waals surface area contributed by atoms with Gasteiger partial charge in [0.05, 0.1) is 5.69 Å². The molecule has 0 aliphatic heterocycles. The molecule has 0 heterocycles. The summed E-state index contributed by atoms with van der Waals surface area (Å²) in [4.78, 5) is 14.4. The summed E-state index contributed by atoms with van der Waals surface area (Å²) in [6, 6.07) is 12.2. The van der Waals surface area contributed by atoms with Crippen molar-refractivity contribution in [3.05, 3.63) is 65.7 Å². The van der Waals surface area contributed by atoms with Gasteiger partial charge in [-0.25, -0.2) is 8.78 Å². The molecule has 0 N–H and O–H groups in total. The molecule has 1 unspecified atom stereocenters. The third-order valence-electron chi connectivity index (χ3n) is 4.45. The molecule has 0 aliphatic rings. The van der Waals surface area contributed by atoms with Gasteiger partial charge in [-0.3, -0.25) is 4.79 Å². The van der Waals surface area contributed by atoms with Crippen LogP contribution in [-0.2, 0) is 21.7 Å². The van der Waals surface area contributed by atoms with Crippen LogP contribution in [0.1, 0.15) is 49.9 Å². The maximum absolute atomic E-state index is 14.3. The van der Waals surface area contributed by atoms with E-state index in [0.717, 1.165) is 31.7 Å². The number of hydrogen-bond acceptors (Lipinski definition) is 1. The summed E-state index contributed by atoms with van der Waals surface area (Å²) in [5.74, 6) is -1.35. The molecule has 0 saturated carbocycles. The molecule has 2 nitrogen and oxygen atoms in total. The van der Waals surface area contributed by atoms with E-state index in [0.29, 0.717) is 12.1 Å². The van der Waals surface area contributed by atoms with Crippen molar-refractivity contribution in [1.82, 2.24) is 0 Å². The van der Waals surface area contributed by atoms with E-state index in [1.807, 2.05) is 6.07 Å². The molecule has 5 heteroatoms. The first-order valence-electron chi connectivity index (χ1n) is 8.88. The molecule has 0 aliphatic carbocycles. The molecule has 0 spiro atoms. The molecule has 2 aromatic carbocycles. The smallest absolute Gasteiger partial charge is 0.258 e. The first-order chi connectivity index (χ1) is 12.1. The molecule has 1 amide bonds. The number of hydrogen-bond donors (Lipinski definition) is 0. The summed E-state index contributed by atoms with van der Waals surface area (Å²) in [5.41, 5.74) is 0.627. The number of rotatable bonds is 8. The van der Waals surface area contributed by atoms with E-state index in [1.54, 1.807) is 24.3 Å². The number of nitrogens with zero attached hydrogens (tertiary/aromatic N) is 1. The van der Waals surface area contributed by atoms with Gasteiger partial charge < -0.3 is 4.90 Å². The van der Waals surface area contributed by atoms with E-state index in [1.165, 1.54) is 17.0 Å². The van der Waals surface area contributed by atoms with Crippen molar-refractivity contribution in [1.29, 1.82) is 0 Å². The molecule has 26 heavy (non-hydrogen) atoms. The maximum Gasteiger partial charge on any atom is 0.258 e. The zero-order valence-electron chi connectivity index (χ0n) is 15.3. The molecule has 0 bridgehead atoms. The number of unbranched alkanes of at least 4 members (excludes halogenated alkanes) is 1. The van der Waals surface area contributed by atoms with Crippen molar-refractivity contribution in [3.8, 4) is 0 Å². The Labute approximate surface area is 169 Å². The normalized spacial score (nSPS) is 11.5. The predicted octanol–water partition coefficient (Wildman–Crippen LogP) is 5.83. The second kappa shape index (κ2) is 11.3. The van der Waals surface area contributed by atoms with Gasteiger partial charge in [-0.05, 0) is 36.6 Å². The molecule has 2 rings (SSSR count). The first-order valence-corrected chi connectivity index (χ1v) is 8.88. The Morgan fingerprint density at radius 2 is 1.77 bits per heavy atom. The quantitative estimate of drug-likeness (QED) is 0.517. The Morgan fingerprint density at radius 3 is 2.35 bits per heavy atom. The van der Waals surface area contributed by atoms with Crippen molar-refractivity contribution in [2.45, 2.75) is 39.5 Å². The molecule has 0 radical (unpaired) electrons. The fourth-order valence-electron chi connectivity index (χ4n) is 2.90. The largest absolute Gasteiger partial charge is 0.305 e. The number of anilines is 1. The minimum Gasteiger partial charge on any atom is -0.305 e. The van der Waals surface area contributed by atoms with Crippen LogP contribution in [0, 0.1) is 17.6 Å². The molecule has 2 aromatic rings. The van der Waals surface area contributed by atoms with Crippen LogP contribution in [0.5, 0.6) is 0 Å². The summed E-state index contributed by atoms with van der Waals surface area (Å²) < 4.78 is 27.6. The van der Waals surface area contributed by atoms with Gasteiger partial charge in [0, 0.05) is 39.9 Å². The van der Waals surface area contributed by atoms with Gasteiger partial charge >= 0.3 is 0 Å². The minimum absolute atomic E-state index is 0. The fourth-order valence-corrected chi connectivity index (χ4v) is 2.90. The fraction of sp³-hybridized carbons (Fsp3) is 0.381. The molecular formula is C21H25F2NOTi. The summed E-state index contributed by atoms with van der Waals surface area (Å²) in [6.07, 6.45) is 4.03. The maximum atomic E-state index is 14.3. The summed E-state index contributed by atoms with van der Waals surface area (Å²) >= 11 is 0. The zero-order chi connectivity index (χ0) is 18.2. The Bertz CT molecular complexity index is 694. The van der Waals surface area contributed by atoms with Crippen LogP contribution >= 0.6 is 0 Å². The number of carbonyl (C=O) groups excluding carboxylic acids is 1. The average molecular weight is 393 g/mol. The van der Waals surface area contributed by atoms with Crippen LogP contribution in [0.15, 0.2) is 48.5 Å². The number of halogens is 2. The van der Waals surface area contributed by atoms with Crippen molar-refractivity contribution >= 4 is 11.6 Å². The van der Waals surface area contributed by atoms with Gasteiger partial charge in [0.1, 0.15) is 11.6 Å². The van der Waals surface area contributed by atoms with Crippen LogP contribution in [0.25, 0.3) is 0 Å². The van der Waals surface area contributed by atoms with E-state index in [4.69, 9.17) is 0 Å². The Morgan fingerprint density at radius 1 is 1.08 bits per heavy atom. The van der Waals surface area contributed by atoms with Gasteiger partial charge in [-0.15, -0.1) is 0 Å². The van der Waals surface area contributed by atoms with E-state index in [-0.39, 0.29) is 39.2 Å². The SMILES string of the molecule is CCCCC(CC)CN(C(=O)c1ccccc1)c1ccc(F)cc1F.[Ti]. The standard InChI is InChI=1S/C21H25F2NO.Ti/c1-3-5-9-16(4-2)15-24(20-13-12-18(22)14-19(20)23)21(25)17-10-7-6-8-11-17;/h6-8,10-14,16H,3-5,9,15H2,1-2H3;.